The number of aromatic amines is 1. The highest BCUT2D eigenvalue weighted by Crippen LogP contribution is 2.36. The molecule has 2 amide bonds. The smallest absolute Gasteiger partial charge is 0.288 e. The molecule has 0 bridgehead atoms. The number of amides is 2. The molecular formula is C30H33FN6O4. The zero-order valence-corrected chi connectivity index (χ0v) is 23.5. The first-order valence-corrected chi connectivity index (χ1v) is 13.4. The van der Waals surface area contributed by atoms with E-state index < -0.39 is 17.1 Å². The fourth-order valence-corrected chi connectivity index (χ4v) is 5.31. The maximum Gasteiger partial charge on any atom is 0.288 e. The molecule has 2 aromatic carbocycles. The molecule has 11 heteroatoms. The average molecular weight is 561 g/mol. The van der Waals surface area contributed by atoms with Crippen LogP contribution in [0.25, 0.3) is 22.0 Å². The summed E-state index contributed by atoms with van der Waals surface area (Å²) in [4.78, 5) is 40.4. The van der Waals surface area contributed by atoms with Gasteiger partial charge in [-0.05, 0) is 35.7 Å². The second kappa shape index (κ2) is 10.7. The highest BCUT2D eigenvalue weighted by atomic mass is 19.1. The van der Waals surface area contributed by atoms with E-state index in [4.69, 9.17) is 10.5 Å². The minimum Gasteiger partial charge on any atom is -0.496 e. The fourth-order valence-electron chi connectivity index (χ4n) is 5.31. The molecule has 1 atom stereocenters. The van der Waals surface area contributed by atoms with Crippen molar-refractivity contribution in [3.8, 4) is 16.9 Å². The number of likely N-dealkylation sites (tertiary alicyclic amines) is 1. The maximum absolute atomic E-state index is 13.7. The second-order valence-corrected chi connectivity index (χ2v) is 11.3. The molecule has 0 aliphatic carbocycles. The third kappa shape index (κ3) is 5.39. The van der Waals surface area contributed by atoms with Crippen molar-refractivity contribution in [1.29, 1.82) is 0 Å². The molecule has 1 saturated heterocycles. The zero-order valence-electron chi connectivity index (χ0n) is 23.5. The molecule has 2 aromatic heterocycles. The van der Waals surface area contributed by atoms with Crippen LogP contribution in [-0.4, -0.2) is 51.7 Å². The Labute approximate surface area is 236 Å². The highest BCUT2D eigenvalue weighted by Gasteiger charge is 2.34. The Hall–Kier alpha value is -4.67. The number of nitrogens with one attached hydrogen (secondary N) is 2. The molecule has 5 rings (SSSR count). The van der Waals surface area contributed by atoms with Gasteiger partial charge in [-0.15, -0.1) is 0 Å². The van der Waals surface area contributed by atoms with Gasteiger partial charge in [-0.2, -0.15) is 5.10 Å². The SMILES string of the molecule is COc1ccc(F)cc1C(=O)NCc1ccc(-c2cn([C@@H]3CCN(C(=O)C(C)(C)C)C3)c3c(=O)[nH]nc(N)c23)cc1. The van der Waals surface area contributed by atoms with Crippen molar-refractivity contribution >= 4 is 28.5 Å². The number of carbonyl (C=O) groups excluding carboxylic acids is 2. The van der Waals surface area contributed by atoms with Crippen LogP contribution in [0, 0.1) is 11.2 Å². The number of hydrogen-bond acceptors (Lipinski definition) is 6. The Kier molecular flexibility index (Phi) is 7.29. The van der Waals surface area contributed by atoms with Crippen LogP contribution in [0.15, 0.2) is 53.5 Å². The van der Waals surface area contributed by atoms with E-state index in [-0.39, 0.29) is 41.2 Å². The summed E-state index contributed by atoms with van der Waals surface area (Å²) in [5.41, 5.74) is 8.33. The number of hydrogen-bond donors (Lipinski definition) is 3. The quantitative estimate of drug-likeness (QED) is 0.328. The fraction of sp³-hybridized carbons (Fsp3) is 0.333. The van der Waals surface area contributed by atoms with Crippen molar-refractivity contribution in [1.82, 2.24) is 25.0 Å². The topological polar surface area (TPSA) is 135 Å². The number of carbonyl (C=O) groups is 2. The molecule has 1 aliphatic heterocycles. The lowest BCUT2D eigenvalue weighted by Gasteiger charge is -2.25. The van der Waals surface area contributed by atoms with E-state index >= 15 is 0 Å². The molecular weight excluding hydrogens is 527 g/mol. The molecule has 3 heterocycles. The normalized spacial score (nSPS) is 15.3. The molecule has 214 valence electrons. The number of rotatable bonds is 6. The van der Waals surface area contributed by atoms with Gasteiger partial charge in [0.05, 0.1) is 24.1 Å². The summed E-state index contributed by atoms with van der Waals surface area (Å²) in [6.07, 6.45) is 2.61. The highest BCUT2D eigenvalue weighted by molar-refractivity contribution is 6.02. The minimum absolute atomic E-state index is 0.0743. The Balaban J connectivity index is 1.40. The third-order valence-electron chi connectivity index (χ3n) is 7.39. The largest absolute Gasteiger partial charge is 0.496 e. The van der Waals surface area contributed by atoms with E-state index in [0.717, 1.165) is 22.8 Å². The number of nitrogens with zero attached hydrogens (tertiary/aromatic N) is 3. The molecule has 41 heavy (non-hydrogen) atoms. The number of aromatic nitrogens is 3. The van der Waals surface area contributed by atoms with Gasteiger partial charge < -0.3 is 25.3 Å². The van der Waals surface area contributed by atoms with Crippen molar-refractivity contribution in [2.24, 2.45) is 5.41 Å². The van der Waals surface area contributed by atoms with E-state index in [2.05, 4.69) is 15.5 Å². The van der Waals surface area contributed by atoms with Gasteiger partial charge in [0.1, 0.15) is 17.1 Å². The Morgan fingerprint density at radius 3 is 2.61 bits per heavy atom. The summed E-state index contributed by atoms with van der Waals surface area (Å²) < 4.78 is 20.8. The van der Waals surface area contributed by atoms with E-state index in [1.165, 1.54) is 19.2 Å². The lowest BCUT2D eigenvalue weighted by atomic mass is 9.95. The summed E-state index contributed by atoms with van der Waals surface area (Å²) in [5, 5.41) is 9.83. The summed E-state index contributed by atoms with van der Waals surface area (Å²) in [7, 11) is 1.42. The van der Waals surface area contributed by atoms with Gasteiger partial charge in [-0.1, -0.05) is 45.0 Å². The maximum atomic E-state index is 13.7. The first-order chi connectivity index (χ1) is 19.5. The second-order valence-electron chi connectivity index (χ2n) is 11.3. The van der Waals surface area contributed by atoms with Crippen molar-refractivity contribution in [2.45, 2.75) is 39.8 Å². The number of benzene rings is 2. The zero-order chi connectivity index (χ0) is 29.5. The van der Waals surface area contributed by atoms with Gasteiger partial charge in [-0.3, -0.25) is 14.4 Å². The van der Waals surface area contributed by atoms with Crippen LogP contribution < -0.4 is 21.3 Å². The molecule has 1 aliphatic rings. The molecule has 0 spiro atoms. The van der Waals surface area contributed by atoms with Crippen molar-refractivity contribution in [3.05, 3.63) is 76.0 Å². The number of methoxy groups -OCH3 is 1. The van der Waals surface area contributed by atoms with E-state index in [1.807, 2.05) is 60.7 Å². The van der Waals surface area contributed by atoms with Gasteiger partial charge in [0.25, 0.3) is 11.5 Å². The number of nitrogens with two attached hydrogens (primary N) is 1. The number of anilines is 1. The first-order valence-electron chi connectivity index (χ1n) is 13.4. The molecule has 4 aromatic rings. The average Bonchev–Trinajstić information content (AvgIpc) is 3.59. The lowest BCUT2D eigenvalue weighted by Crippen LogP contribution is -2.38. The van der Waals surface area contributed by atoms with Crippen LogP contribution in [0.3, 0.4) is 0 Å². The molecule has 1 fully saturated rings. The lowest BCUT2D eigenvalue weighted by molar-refractivity contribution is -0.138. The summed E-state index contributed by atoms with van der Waals surface area (Å²) in [6, 6.07) is 11.2. The van der Waals surface area contributed by atoms with Crippen LogP contribution in [0.4, 0.5) is 10.2 Å². The molecule has 10 nitrogen and oxygen atoms in total. The molecule has 4 N–H and O–H groups in total. The number of fused-ring (bicyclic) bond motifs is 1. The van der Waals surface area contributed by atoms with E-state index in [9.17, 15) is 18.8 Å². The summed E-state index contributed by atoms with van der Waals surface area (Å²) in [6.45, 7) is 7.01. The molecule has 0 unspecified atom stereocenters. The van der Waals surface area contributed by atoms with Gasteiger partial charge in [0.15, 0.2) is 5.82 Å². The van der Waals surface area contributed by atoms with Crippen molar-refractivity contribution in [2.75, 3.05) is 25.9 Å². The van der Waals surface area contributed by atoms with Gasteiger partial charge >= 0.3 is 0 Å². The van der Waals surface area contributed by atoms with Gasteiger partial charge in [-0.25, -0.2) is 9.49 Å². The van der Waals surface area contributed by atoms with E-state index in [1.54, 1.807) is 0 Å². The van der Waals surface area contributed by atoms with Crippen molar-refractivity contribution in [3.63, 3.8) is 0 Å². The number of nitrogen functional groups attached to an aromatic ring is 1. The number of ether oxygens (including phenoxy) is 1. The van der Waals surface area contributed by atoms with Gasteiger partial charge in [0.2, 0.25) is 5.91 Å². The van der Waals surface area contributed by atoms with Crippen LogP contribution >= 0.6 is 0 Å². The molecule has 0 radical (unpaired) electrons. The van der Waals surface area contributed by atoms with E-state index in [0.29, 0.717) is 30.4 Å². The Bertz CT molecular complexity index is 1690. The third-order valence-corrected chi connectivity index (χ3v) is 7.39. The Morgan fingerprint density at radius 1 is 1.20 bits per heavy atom. The van der Waals surface area contributed by atoms with Gasteiger partial charge in [0, 0.05) is 36.8 Å². The summed E-state index contributed by atoms with van der Waals surface area (Å²) in [5.74, 6) is -0.426. The summed E-state index contributed by atoms with van der Waals surface area (Å²) >= 11 is 0. The minimum atomic E-state index is -0.529. The van der Waals surface area contributed by atoms with Crippen LogP contribution in [0.1, 0.15) is 49.2 Å². The predicted molar refractivity (Wildman–Crippen MR) is 154 cm³/mol. The first kappa shape index (κ1) is 27.9. The van der Waals surface area contributed by atoms with Crippen LogP contribution in [0.5, 0.6) is 5.75 Å². The monoisotopic (exact) mass is 560 g/mol. The molecule has 0 saturated carbocycles. The van der Waals surface area contributed by atoms with Crippen LogP contribution in [-0.2, 0) is 11.3 Å². The predicted octanol–water partition coefficient (Wildman–Crippen LogP) is 3.87. The Morgan fingerprint density at radius 2 is 1.93 bits per heavy atom. The van der Waals surface area contributed by atoms with Crippen molar-refractivity contribution < 1.29 is 18.7 Å². The number of H-pyrrole nitrogens is 1. The van der Waals surface area contributed by atoms with Crippen LogP contribution in [0.2, 0.25) is 0 Å². The standard InChI is InChI=1S/C30H33FN6O4/c1-30(2,3)29(40)36-12-11-20(15-36)37-16-22(24-25(37)28(39)35-34-26(24)32)18-7-5-17(6-8-18)14-33-27(38)21-13-19(31)9-10-23(21)41-4/h5-10,13,16,20H,11-12,14-15H2,1-4H3,(H2,32,34)(H,33,38)(H,35,39)/t20-/m1/s1. The number of halogens is 1.